The second kappa shape index (κ2) is 33.3. The van der Waals surface area contributed by atoms with Crippen LogP contribution in [-0.2, 0) is 33.1 Å². The van der Waals surface area contributed by atoms with Crippen molar-refractivity contribution >= 4 is 31.8 Å². The van der Waals surface area contributed by atoms with Crippen molar-refractivity contribution in [3.63, 3.8) is 0 Å². The van der Waals surface area contributed by atoms with Gasteiger partial charge in [-0.3, -0.25) is 19.2 Å². The fourth-order valence-corrected chi connectivity index (χ4v) is 11.0. The smallest absolute Gasteiger partial charge is 0.303 e. The number of halogens is 4. The van der Waals surface area contributed by atoms with Crippen molar-refractivity contribution in [2.45, 2.75) is 276 Å². The Labute approximate surface area is 418 Å². The number of rotatable bonds is 32. The second-order valence-corrected chi connectivity index (χ2v) is 26.4. The first-order chi connectivity index (χ1) is 32.8. The normalized spacial score (nSPS) is 24.0. The van der Waals surface area contributed by atoms with Crippen LogP contribution < -0.4 is 0 Å². The summed E-state index contributed by atoms with van der Waals surface area (Å²) in [5.41, 5.74) is 0. The molecule has 4 N–H and O–H groups in total. The number of unbranched alkanes of at least 4 members (excludes halogenated alkanes) is 8. The van der Waals surface area contributed by atoms with Crippen LogP contribution in [0.5, 0.6) is 0 Å². The third-order valence-electron chi connectivity index (χ3n) is 14.9. The lowest BCUT2D eigenvalue weighted by atomic mass is 9.84. The number of carboxylic acids is 2. The first-order valence-corrected chi connectivity index (χ1v) is 29.6. The molecule has 2 saturated carbocycles. The van der Waals surface area contributed by atoms with Crippen molar-refractivity contribution in [1.29, 1.82) is 5.26 Å². The Morgan fingerprint density at radius 3 is 1.73 bits per heavy atom. The van der Waals surface area contributed by atoms with E-state index in [1.807, 2.05) is 26.9 Å². The Kier molecular flexibility index (Phi) is 31.2. The van der Waals surface area contributed by atoms with Crippen LogP contribution in [0, 0.1) is 35.0 Å². The number of aliphatic carboxylic acids is 2. The second-order valence-electron chi connectivity index (χ2n) is 21.6. The van der Waals surface area contributed by atoms with Crippen molar-refractivity contribution in [3.8, 4) is 6.07 Å². The molecule has 3 fully saturated rings. The molecular formula is C53H93F4NO11Si. The molecular weight excluding hydrogens is 931 g/mol. The van der Waals surface area contributed by atoms with Crippen molar-refractivity contribution in [2.75, 3.05) is 6.61 Å². The maximum absolute atomic E-state index is 15.6. The molecule has 0 spiro atoms. The summed E-state index contributed by atoms with van der Waals surface area (Å²) in [7, 11) is -2.46. The van der Waals surface area contributed by atoms with Gasteiger partial charge in [-0.05, 0) is 113 Å². The molecule has 3 rings (SSSR count). The van der Waals surface area contributed by atoms with Gasteiger partial charge in [0.1, 0.15) is 23.8 Å². The number of ketones is 2. The highest BCUT2D eigenvalue weighted by Gasteiger charge is 2.50. The van der Waals surface area contributed by atoms with Crippen LogP contribution in [0.3, 0.4) is 0 Å². The number of carboxylic acid groups (broad SMARTS) is 2. The molecule has 0 aromatic rings. The van der Waals surface area contributed by atoms with E-state index in [9.17, 15) is 38.2 Å². The van der Waals surface area contributed by atoms with Crippen molar-refractivity contribution < 1.29 is 71.1 Å². The molecule has 1 aliphatic heterocycles. The molecule has 9 atom stereocenters. The zero-order chi connectivity index (χ0) is 53.1. The largest absolute Gasteiger partial charge is 0.481 e. The molecule has 17 heteroatoms. The van der Waals surface area contributed by atoms with E-state index in [4.69, 9.17) is 29.4 Å². The molecule has 0 radical (unpaired) electrons. The minimum absolute atomic E-state index is 0.0368. The molecule has 0 amide bonds. The highest BCUT2D eigenvalue weighted by atomic mass is 28.4. The summed E-state index contributed by atoms with van der Waals surface area (Å²) < 4.78 is 77.6. The van der Waals surface area contributed by atoms with Gasteiger partial charge in [0, 0.05) is 63.9 Å². The van der Waals surface area contributed by atoms with Crippen LogP contribution in [0.2, 0.25) is 18.1 Å². The summed E-state index contributed by atoms with van der Waals surface area (Å²) in [4.78, 5) is 46.6. The average molecular weight is 1020 g/mol. The molecule has 408 valence electrons. The van der Waals surface area contributed by atoms with E-state index in [1.165, 1.54) is 6.92 Å². The van der Waals surface area contributed by atoms with Gasteiger partial charge in [-0.25, -0.2) is 17.6 Å². The summed E-state index contributed by atoms with van der Waals surface area (Å²) in [6.07, 6.45) is 8.61. The number of hydrogen-bond acceptors (Lipinski definition) is 10. The summed E-state index contributed by atoms with van der Waals surface area (Å²) in [6.45, 7) is 16.1. The molecule has 0 bridgehead atoms. The molecule has 1 heterocycles. The number of aliphatic hydroxyl groups is 2. The van der Waals surface area contributed by atoms with E-state index in [0.29, 0.717) is 70.8 Å². The number of carbonyl (C=O) groups excluding carboxylic acids is 2. The van der Waals surface area contributed by atoms with Crippen LogP contribution in [0.1, 0.15) is 215 Å². The predicted octanol–water partition coefficient (Wildman–Crippen LogP) is 13.0. The Morgan fingerprint density at radius 2 is 1.24 bits per heavy atom. The molecule has 2 aliphatic carbocycles. The van der Waals surface area contributed by atoms with E-state index in [2.05, 4.69) is 20.8 Å². The molecule has 0 aromatic heterocycles. The number of ether oxygens (including phenoxy) is 2. The fraction of sp³-hybridized carbons (Fsp3) is 0.906. The third-order valence-corrected chi connectivity index (χ3v) is 19.4. The van der Waals surface area contributed by atoms with Crippen LogP contribution >= 0.6 is 0 Å². The molecule has 12 nitrogen and oxygen atoms in total. The molecule has 1 saturated heterocycles. The van der Waals surface area contributed by atoms with Gasteiger partial charge < -0.3 is 34.3 Å². The van der Waals surface area contributed by atoms with E-state index < -0.39 is 50.4 Å². The van der Waals surface area contributed by atoms with Crippen LogP contribution in [0.15, 0.2) is 0 Å². The highest BCUT2D eigenvalue weighted by Crippen LogP contribution is 2.45. The lowest BCUT2D eigenvalue weighted by Crippen LogP contribution is -2.49. The SMILES string of the molecule is CC#N.CCCCC(F)(F)C(CC[C@H]1[C@H](OC2CCCCO2)CC(=O)[C@@H]1CCCCCCC(=O)O)O[Si](C)(C)C(C)(C)C.CCCCC(F)(F)C(O)CC[C@H]1[C@H](O)CC(=O)[C@@H]1CCCCCCC(=O)O. The highest BCUT2D eigenvalue weighted by molar-refractivity contribution is 6.74. The van der Waals surface area contributed by atoms with E-state index in [-0.39, 0.29) is 104 Å². The Morgan fingerprint density at radius 1 is 0.757 bits per heavy atom. The molecule has 3 unspecified atom stereocenters. The van der Waals surface area contributed by atoms with Gasteiger partial charge in [0.15, 0.2) is 14.6 Å². The van der Waals surface area contributed by atoms with Gasteiger partial charge in [0.25, 0.3) is 11.8 Å². The summed E-state index contributed by atoms with van der Waals surface area (Å²) in [6, 6.07) is 1.75. The van der Waals surface area contributed by atoms with Gasteiger partial charge in [0.05, 0.1) is 18.3 Å². The molecule has 70 heavy (non-hydrogen) atoms. The van der Waals surface area contributed by atoms with Crippen molar-refractivity contribution in [1.82, 2.24) is 0 Å². The lowest BCUT2D eigenvalue weighted by Gasteiger charge is -2.42. The van der Waals surface area contributed by atoms with Crippen molar-refractivity contribution in [3.05, 3.63) is 0 Å². The van der Waals surface area contributed by atoms with Crippen LogP contribution in [-0.4, -0.2) is 101 Å². The summed E-state index contributed by atoms with van der Waals surface area (Å²) in [5.74, 6) is -8.68. The predicted molar refractivity (Wildman–Crippen MR) is 265 cm³/mol. The lowest BCUT2D eigenvalue weighted by molar-refractivity contribution is -0.197. The number of hydrogen-bond donors (Lipinski definition) is 4. The molecule has 3 aliphatic rings. The van der Waals surface area contributed by atoms with E-state index in [0.717, 1.165) is 57.8 Å². The Hall–Kier alpha value is -2.49. The number of nitrogens with zero attached hydrogens (tertiary/aromatic N) is 1. The standard InChI is InChI=1S/C31H56F2O6Si.C20H34F2O5.C2H3N/c1-7-8-20-31(32,33)27(39-40(5,6)30(2,3)4)19-18-24-23(15-11-9-10-12-16-28(35)36)25(34)22-26(24)38-29-17-13-14-21-37-29;1-2-3-12-20(21,22)18(25)11-10-15-14(16(23)13-17(15)24)8-6-4-5-7-9-19(26)27;1-2-3/h23-24,26-27,29H,7-22H2,1-6H3,(H,35,36);14-15,17-18,24-25H,2-13H2,1H3,(H,26,27);1H3/t23-,24-,26-,27?,29?;14-,15-,17-,18?;/m11./s1. The Balaban J connectivity index is 0.000000709. The van der Waals surface area contributed by atoms with Crippen LogP contribution in [0.4, 0.5) is 17.6 Å². The monoisotopic (exact) mass is 1020 g/mol. The Bertz CT molecular complexity index is 1550. The molecule has 0 aromatic carbocycles. The first-order valence-electron chi connectivity index (χ1n) is 26.6. The zero-order valence-corrected chi connectivity index (χ0v) is 45.1. The maximum atomic E-state index is 15.6. The van der Waals surface area contributed by atoms with Gasteiger partial charge in [-0.2, -0.15) is 5.26 Å². The summed E-state index contributed by atoms with van der Waals surface area (Å²) in [5, 5.41) is 44.6. The van der Waals surface area contributed by atoms with Crippen molar-refractivity contribution in [2.24, 2.45) is 23.7 Å². The number of aliphatic hydroxyl groups excluding tert-OH is 2. The van der Waals surface area contributed by atoms with Gasteiger partial charge >= 0.3 is 11.9 Å². The number of Topliss-reactive ketones (excluding diaryl/α,β-unsaturated/α-hetero) is 2. The third kappa shape index (κ3) is 24.5. The average Bonchev–Trinajstić information content (AvgIpc) is 3.72. The van der Waals surface area contributed by atoms with E-state index in [1.54, 1.807) is 6.07 Å². The quantitative estimate of drug-likeness (QED) is 0.0283. The first kappa shape index (κ1) is 65.5. The van der Waals surface area contributed by atoms with Crippen LogP contribution in [0.25, 0.3) is 0 Å². The maximum Gasteiger partial charge on any atom is 0.303 e. The topological polar surface area (TPSA) is 201 Å². The van der Waals surface area contributed by atoms with Gasteiger partial charge in [0.2, 0.25) is 0 Å². The number of alkyl halides is 4. The van der Waals surface area contributed by atoms with Gasteiger partial charge in [-0.15, -0.1) is 0 Å². The van der Waals surface area contributed by atoms with Gasteiger partial charge in [-0.1, -0.05) is 86.0 Å². The number of carbonyl (C=O) groups is 4. The summed E-state index contributed by atoms with van der Waals surface area (Å²) >= 11 is 0. The number of nitriles is 1. The van der Waals surface area contributed by atoms with E-state index >= 15 is 8.78 Å². The fourth-order valence-electron chi connectivity index (χ4n) is 9.64. The zero-order valence-electron chi connectivity index (χ0n) is 44.1. The minimum Gasteiger partial charge on any atom is -0.481 e. The minimum atomic E-state index is -3.14.